The second-order valence-corrected chi connectivity index (χ2v) is 1.25. The molecule has 0 saturated carbocycles. The standard InChI is InChI=1S/BH4O2P/c1-4(2)3/h1-4H. The Labute approximate surface area is 26.0 Å². The van der Waals surface area contributed by atoms with Crippen LogP contribution in [0, 0.1) is 0 Å². The molecule has 0 aromatic rings. The quantitative estimate of drug-likeness (QED) is 0.283. The van der Waals surface area contributed by atoms with E-state index >= 15 is 0 Å². The zero-order valence-electron chi connectivity index (χ0n) is 2.10. The molecule has 0 aliphatic carbocycles. The van der Waals surface area contributed by atoms with E-state index in [1.807, 2.05) is 0 Å². The molecule has 0 aliphatic rings. The van der Waals surface area contributed by atoms with Crippen LogP contribution in [-0.2, 0) is 0 Å². The van der Waals surface area contributed by atoms with Gasteiger partial charge in [0.05, 0.1) is 0 Å². The topological polar surface area (TPSA) is 40.5 Å². The maximum absolute atomic E-state index is 7.60. The summed E-state index contributed by atoms with van der Waals surface area (Å²) < 4.78 is 0. The van der Waals surface area contributed by atoms with Crippen LogP contribution in [0.25, 0.3) is 0 Å². The first-order valence-electron chi connectivity index (χ1n) is 0.801. The zero-order chi connectivity index (χ0) is 3.58. The van der Waals surface area contributed by atoms with Gasteiger partial charge in [0, 0.05) is 0 Å². The molecule has 0 radical (unpaired) electrons. The van der Waals surface area contributed by atoms with Gasteiger partial charge < -0.3 is 0 Å². The normalized spacial score (nSPS) is 8.50. The summed E-state index contributed by atoms with van der Waals surface area (Å²) in [5.41, 5.74) is 0. The molecule has 0 unspecified atom stereocenters. The van der Waals surface area contributed by atoms with Crippen molar-refractivity contribution in [2.75, 3.05) is 0 Å². The monoisotopic (exact) mass is 78.0 g/mol. The van der Waals surface area contributed by atoms with Crippen molar-refractivity contribution in [3.05, 3.63) is 0 Å². The van der Waals surface area contributed by atoms with E-state index in [1.165, 1.54) is 0 Å². The summed E-state index contributed by atoms with van der Waals surface area (Å²) in [6.07, 6.45) is 0. The zero-order valence-corrected chi connectivity index (χ0v) is 3.10. The molecule has 0 atom stereocenters. The molecule has 0 bridgehead atoms. The van der Waals surface area contributed by atoms with Gasteiger partial charge >= 0.3 is 24.8 Å². The molecular formula is H4BO2P. The van der Waals surface area contributed by atoms with Crippen LogP contribution in [0.3, 0.4) is 0 Å². The van der Waals surface area contributed by atoms with E-state index < -0.39 is 7.87 Å². The Kier molecular flexibility index (Phi) is 1.88. The summed E-state index contributed by atoms with van der Waals surface area (Å²) in [6, 6.07) is 0. The Hall–Kier alpha value is 0.415. The van der Waals surface area contributed by atoms with Gasteiger partial charge in [0.1, 0.15) is 0 Å². The van der Waals surface area contributed by atoms with Gasteiger partial charge in [0.2, 0.25) is 0 Å². The van der Waals surface area contributed by atoms with Crippen molar-refractivity contribution < 1.29 is 9.79 Å². The van der Waals surface area contributed by atoms with Crippen molar-refractivity contribution >= 4 is 15.1 Å². The first-order valence-corrected chi connectivity index (χ1v) is 2.40. The van der Waals surface area contributed by atoms with Gasteiger partial charge in [-0.3, -0.25) is 0 Å². The van der Waals surface area contributed by atoms with Crippen molar-refractivity contribution in [1.82, 2.24) is 0 Å². The van der Waals surface area contributed by atoms with Crippen LogP contribution >= 0.6 is 7.87 Å². The third-order valence-corrected chi connectivity index (χ3v) is 0. The minimum absolute atomic E-state index is 2.13. The molecule has 0 saturated heterocycles. The van der Waals surface area contributed by atoms with Gasteiger partial charge in [-0.25, -0.2) is 0 Å². The molecular weight excluding hydrogens is 73.8 g/mol. The average molecular weight is 77.8 g/mol. The van der Waals surface area contributed by atoms with Crippen LogP contribution in [-0.4, -0.2) is 17.0 Å². The Balaban J connectivity index is 2.80. The molecule has 4 heteroatoms. The SMILES string of the molecule is B=[PH](O)O. The van der Waals surface area contributed by atoms with Crippen LogP contribution in [0.1, 0.15) is 0 Å². The van der Waals surface area contributed by atoms with Crippen LogP contribution in [0.2, 0.25) is 0 Å². The Bertz CT molecular complexity index is 29.0. The van der Waals surface area contributed by atoms with Crippen LogP contribution in [0.4, 0.5) is 0 Å². The van der Waals surface area contributed by atoms with E-state index in [0.717, 1.165) is 0 Å². The predicted molar refractivity (Wildman–Crippen MR) is 19.9 cm³/mol. The Morgan fingerprint density at radius 1 is 1.50 bits per heavy atom. The van der Waals surface area contributed by atoms with Crippen molar-refractivity contribution in [1.29, 1.82) is 0 Å². The van der Waals surface area contributed by atoms with E-state index in [0.29, 0.717) is 0 Å². The average Bonchev–Trinajstić information content (AvgIpc) is 0.811. The van der Waals surface area contributed by atoms with Crippen molar-refractivity contribution in [2.24, 2.45) is 0 Å². The summed E-state index contributed by atoms with van der Waals surface area (Å²) in [7, 11) is 0.722. The molecule has 0 amide bonds. The number of rotatable bonds is 0. The molecule has 4 heavy (non-hydrogen) atoms. The molecule has 0 aliphatic heterocycles. The molecule has 24 valence electrons. The van der Waals surface area contributed by atoms with E-state index in [2.05, 4.69) is 7.18 Å². The van der Waals surface area contributed by atoms with Crippen LogP contribution in [0.5, 0.6) is 0 Å². The first-order chi connectivity index (χ1) is 1.73. The van der Waals surface area contributed by atoms with Crippen LogP contribution in [0.15, 0.2) is 0 Å². The summed E-state index contributed by atoms with van der Waals surface area (Å²) in [4.78, 5) is 15.2. The van der Waals surface area contributed by atoms with Crippen molar-refractivity contribution in [3.63, 3.8) is 0 Å². The van der Waals surface area contributed by atoms with E-state index in [1.54, 1.807) is 0 Å². The van der Waals surface area contributed by atoms with Gasteiger partial charge in [0.25, 0.3) is 0 Å². The molecule has 0 heterocycles. The van der Waals surface area contributed by atoms with Crippen molar-refractivity contribution in [3.8, 4) is 0 Å². The molecule has 0 spiro atoms. The molecule has 0 aromatic heterocycles. The Morgan fingerprint density at radius 2 is 1.50 bits per heavy atom. The molecule has 2 nitrogen and oxygen atoms in total. The van der Waals surface area contributed by atoms with Crippen LogP contribution < -0.4 is 0 Å². The number of hydrogen-bond acceptors (Lipinski definition) is 2. The molecule has 0 rings (SSSR count). The summed E-state index contributed by atoms with van der Waals surface area (Å²) in [5, 5.41) is 0. The minimum atomic E-state index is -2.13. The fourth-order valence-electron chi connectivity index (χ4n) is 0. The second kappa shape index (κ2) is 1.71. The summed E-state index contributed by atoms with van der Waals surface area (Å²) >= 11 is 0. The predicted octanol–water partition coefficient (Wildman–Crippen LogP) is -1.17. The van der Waals surface area contributed by atoms with Gasteiger partial charge in [-0.15, -0.1) is 0 Å². The third-order valence-electron chi connectivity index (χ3n) is 0. The second-order valence-electron chi connectivity index (χ2n) is 0.416. The fourth-order valence-corrected chi connectivity index (χ4v) is 0. The third kappa shape index (κ3) is 28.1. The molecule has 0 fully saturated rings. The van der Waals surface area contributed by atoms with E-state index in [9.17, 15) is 0 Å². The first kappa shape index (κ1) is 4.41. The molecule has 0 aromatic carbocycles. The molecule has 2 N–H and O–H groups in total. The van der Waals surface area contributed by atoms with E-state index in [4.69, 9.17) is 9.79 Å². The van der Waals surface area contributed by atoms with Gasteiger partial charge in [-0.05, 0) is 0 Å². The van der Waals surface area contributed by atoms with Gasteiger partial charge in [-0.1, -0.05) is 0 Å². The maximum atomic E-state index is 7.60. The van der Waals surface area contributed by atoms with Gasteiger partial charge in [-0.2, -0.15) is 0 Å². The van der Waals surface area contributed by atoms with Gasteiger partial charge in [0.15, 0.2) is 0 Å². The van der Waals surface area contributed by atoms with Crippen molar-refractivity contribution in [2.45, 2.75) is 0 Å². The number of hydrogen-bond donors (Lipinski definition) is 2. The summed E-state index contributed by atoms with van der Waals surface area (Å²) in [5.74, 6) is 0. The summed E-state index contributed by atoms with van der Waals surface area (Å²) in [6.45, 7) is 0. The van der Waals surface area contributed by atoms with E-state index in [-0.39, 0.29) is 0 Å². The Morgan fingerprint density at radius 3 is 1.50 bits per heavy atom. The fraction of sp³-hybridized carbons (Fsp3) is 0.